The smallest absolute Gasteiger partial charge is 0.376 e. The van der Waals surface area contributed by atoms with E-state index in [1.165, 1.54) is 0 Å². The fourth-order valence-corrected chi connectivity index (χ4v) is 1.06. The van der Waals surface area contributed by atoms with Crippen molar-refractivity contribution < 1.29 is 23.8 Å². The van der Waals surface area contributed by atoms with Gasteiger partial charge in [-0.15, -0.1) is 0 Å². The summed E-state index contributed by atoms with van der Waals surface area (Å²) in [7, 11) is 0. The molecule has 1 unspecified atom stereocenters. The van der Waals surface area contributed by atoms with E-state index in [0.29, 0.717) is 6.61 Å². The summed E-state index contributed by atoms with van der Waals surface area (Å²) >= 11 is 0. The number of unbranched alkanes of at least 4 members (excludes halogenated alkanes) is 1. The Balaban J connectivity index is 2.40. The number of ether oxygens (including phenoxy) is 3. The minimum Gasteiger partial charge on any atom is -0.461 e. The van der Waals surface area contributed by atoms with Gasteiger partial charge in [-0.2, -0.15) is 0 Å². The molecule has 0 aromatic carbocycles. The number of rotatable bonds is 4. The van der Waals surface area contributed by atoms with Crippen LogP contribution in [0.15, 0.2) is 0 Å². The standard InChI is InChI=1S/C10H16O5/c1-4-5-6-13-7(11)8-14-9(12)10(2,3)15-8/h8H,4-6H2,1-3H3. The summed E-state index contributed by atoms with van der Waals surface area (Å²) in [6.45, 7) is 5.42. The maximum absolute atomic E-state index is 11.3. The molecule has 0 aliphatic carbocycles. The summed E-state index contributed by atoms with van der Waals surface area (Å²) in [6, 6.07) is 0. The quantitative estimate of drug-likeness (QED) is 0.518. The number of hydrogen-bond acceptors (Lipinski definition) is 5. The van der Waals surface area contributed by atoms with Crippen LogP contribution in [0.2, 0.25) is 0 Å². The van der Waals surface area contributed by atoms with Gasteiger partial charge < -0.3 is 14.2 Å². The number of cyclic esters (lactones) is 1. The summed E-state index contributed by atoms with van der Waals surface area (Å²) in [4.78, 5) is 22.5. The first-order valence-electron chi connectivity index (χ1n) is 5.03. The van der Waals surface area contributed by atoms with E-state index < -0.39 is 23.8 Å². The van der Waals surface area contributed by atoms with Crippen LogP contribution in [-0.2, 0) is 23.8 Å². The van der Waals surface area contributed by atoms with Crippen molar-refractivity contribution in [2.45, 2.75) is 45.5 Å². The third-order valence-corrected chi connectivity index (χ3v) is 2.04. The van der Waals surface area contributed by atoms with Crippen molar-refractivity contribution in [3.05, 3.63) is 0 Å². The lowest BCUT2D eigenvalue weighted by atomic mass is 10.1. The van der Waals surface area contributed by atoms with Gasteiger partial charge in [-0.05, 0) is 20.3 Å². The van der Waals surface area contributed by atoms with Gasteiger partial charge in [0.25, 0.3) is 0 Å². The molecule has 0 bridgehead atoms. The van der Waals surface area contributed by atoms with Crippen LogP contribution in [0, 0.1) is 0 Å². The van der Waals surface area contributed by atoms with Crippen LogP contribution in [-0.4, -0.2) is 30.4 Å². The SMILES string of the molecule is CCCCOC(=O)C1OC(=O)C(C)(C)O1. The zero-order valence-corrected chi connectivity index (χ0v) is 9.24. The minimum atomic E-state index is -1.20. The first-order valence-corrected chi connectivity index (χ1v) is 5.03. The summed E-state index contributed by atoms with van der Waals surface area (Å²) in [5, 5.41) is 0. The van der Waals surface area contributed by atoms with Gasteiger partial charge in [-0.1, -0.05) is 13.3 Å². The predicted octanol–water partition coefficient (Wildman–Crippen LogP) is 1.01. The van der Waals surface area contributed by atoms with Crippen LogP contribution in [0.4, 0.5) is 0 Å². The maximum Gasteiger partial charge on any atom is 0.376 e. The lowest BCUT2D eigenvalue weighted by Gasteiger charge is -2.12. The van der Waals surface area contributed by atoms with Crippen LogP contribution in [0.5, 0.6) is 0 Å². The molecule has 0 aromatic rings. The largest absolute Gasteiger partial charge is 0.461 e. The van der Waals surface area contributed by atoms with Crippen molar-refractivity contribution in [1.29, 1.82) is 0 Å². The molecule has 1 atom stereocenters. The fourth-order valence-electron chi connectivity index (χ4n) is 1.06. The van der Waals surface area contributed by atoms with E-state index in [1.807, 2.05) is 6.92 Å². The zero-order valence-electron chi connectivity index (χ0n) is 9.24. The summed E-state index contributed by atoms with van der Waals surface area (Å²) < 4.78 is 14.7. The molecule has 1 saturated heterocycles. The second-order valence-corrected chi connectivity index (χ2v) is 3.89. The van der Waals surface area contributed by atoms with Crippen molar-refractivity contribution in [3.8, 4) is 0 Å². The molecule has 5 nitrogen and oxygen atoms in total. The highest BCUT2D eigenvalue weighted by molar-refractivity contribution is 5.85. The molecule has 0 amide bonds. The Morgan fingerprint density at radius 2 is 2.20 bits per heavy atom. The van der Waals surface area contributed by atoms with Gasteiger partial charge in [-0.25, -0.2) is 9.59 Å². The summed E-state index contributed by atoms with van der Waals surface area (Å²) in [6.07, 6.45) is 0.518. The molecule has 1 aliphatic rings. The molecule has 1 rings (SSSR count). The third-order valence-electron chi connectivity index (χ3n) is 2.04. The monoisotopic (exact) mass is 216 g/mol. The molecule has 86 valence electrons. The van der Waals surface area contributed by atoms with Crippen molar-refractivity contribution in [1.82, 2.24) is 0 Å². The second kappa shape index (κ2) is 4.61. The molecule has 0 aromatic heterocycles. The van der Waals surface area contributed by atoms with E-state index >= 15 is 0 Å². The van der Waals surface area contributed by atoms with Crippen LogP contribution in [0.3, 0.4) is 0 Å². The van der Waals surface area contributed by atoms with E-state index in [2.05, 4.69) is 0 Å². The predicted molar refractivity (Wildman–Crippen MR) is 50.9 cm³/mol. The Hall–Kier alpha value is -1.10. The molecule has 0 radical (unpaired) electrons. The molecule has 1 aliphatic heterocycles. The number of carbonyl (C=O) groups is 2. The fraction of sp³-hybridized carbons (Fsp3) is 0.800. The highest BCUT2D eigenvalue weighted by atomic mass is 16.8. The van der Waals surface area contributed by atoms with Gasteiger partial charge in [-0.3, -0.25) is 0 Å². The van der Waals surface area contributed by atoms with E-state index in [4.69, 9.17) is 14.2 Å². The van der Waals surface area contributed by atoms with Gasteiger partial charge in [0.15, 0.2) is 5.60 Å². The Bertz CT molecular complexity index is 259. The Morgan fingerprint density at radius 1 is 1.53 bits per heavy atom. The van der Waals surface area contributed by atoms with E-state index in [9.17, 15) is 9.59 Å². The van der Waals surface area contributed by atoms with E-state index in [1.54, 1.807) is 13.8 Å². The Morgan fingerprint density at radius 3 is 2.67 bits per heavy atom. The first kappa shape index (κ1) is 12.0. The molecular weight excluding hydrogens is 200 g/mol. The highest BCUT2D eigenvalue weighted by Crippen LogP contribution is 2.24. The minimum absolute atomic E-state index is 0.327. The molecule has 15 heavy (non-hydrogen) atoms. The van der Waals surface area contributed by atoms with E-state index in [0.717, 1.165) is 12.8 Å². The lowest BCUT2D eigenvalue weighted by Crippen LogP contribution is -2.29. The number of esters is 2. The third kappa shape index (κ3) is 2.92. The van der Waals surface area contributed by atoms with E-state index in [-0.39, 0.29) is 0 Å². The van der Waals surface area contributed by atoms with Crippen molar-refractivity contribution in [2.75, 3.05) is 6.61 Å². The molecular formula is C10H16O5. The molecule has 0 spiro atoms. The van der Waals surface area contributed by atoms with Gasteiger partial charge in [0.2, 0.25) is 0 Å². The van der Waals surface area contributed by atoms with Gasteiger partial charge in [0.1, 0.15) is 0 Å². The maximum atomic E-state index is 11.3. The van der Waals surface area contributed by atoms with Crippen LogP contribution in [0.25, 0.3) is 0 Å². The topological polar surface area (TPSA) is 61.8 Å². The normalized spacial score (nSPS) is 23.7. The van der Waals surface area contributed by atoms with Crippen LogP contribution >= 0.6 is 0 Å². The molecule has 0 N–H and O–H groups in total. The average Bonchev–Trinajstić information content (AvgIpc) is 2.42. The Kier molecular flexibility index (Phi) is 3.68. The molecule has 0 saturated carbocycles. The van der Waals surface area contributed by atoms with Crippen LogP contribution in [0.1, 0.15) is 33.6 Å². The van der Waals surface area contributed by atoms with Crippen molar-refractivity contribution >= 4 is 11.9 Å². The van der Waals surface area contributed by atoms with Gasteiger partial charge >= 0.3 is 18.2 Å². The number of carbonyl (C=O) groups excluding carboxylic acids is 2. The Labute approximate surface area is 88.7 Å². The average molecular weight is 216 g/mol. The van der Waals surface area contributed by atoms with Crippen molar-refractivity contribution in [2.24, 2.45) is 0 Å². The molecule has 5 heteroatoms. The van der Waals surface area contributed by atoms with Gasteiger partial charge in [0, 0.05) is 0 Å². The van der Waals surface area contributed by atoms with Gasteiger partial charge in [0.05, 0.1) is 6.61 Å². The van der Waals surface area contributed by atoms with Crippen molar-refractivity contribution in [3.63, 3.8) is 0 Å². The van der Waals surface area contributed by atoms with Crippen LogP contribution < -0.4 is 0 Å². The summed E-state index contributed by atoms with van der Waals surface area (Å²) in [5.41, 5.74) is -1.06. The lowest BCUT2D eigenvalue weighted by molar-refractivity contribution is -0.178. The summed E-state index contributed by atoms with van der Waals surface area (Å²) in [5.74, 6) is -1.18. The molecule has 1 fully saturated rings. The zero-order chi connectivity index (χ0) is 11.5. The highest BCUT2D eigenvalue weighted by Gasteiger charge is 2.46. The first-order chi connectivity index (χ1) is 6.97. The number of hydrogen-bond donors (Lipinski definition) is 0. The molecule has 1 heterocycles. The second-order valence-electron chi connectivity index (χ2n) is 3.89.